The SMILES string of the molecule is Cc1cn(C2OCCC2F)c(=O)nc1N. The molecule has 0 saturated carbocycles. The largest absolute Gasteiger partial charge is 0.383 e. The number of hydrogen-bond acceptors (Lipinski definition) is 4. The Morgan fingerprint density at radius 1 is 1.73 bits per heavy atom. The lowest BCUT2D eigenvalue weighted by molar-refractivity contribution is 0.0179. The number of aryl methyl sites for hydroxylation is 1. The van der Waals surface area contributed by atoms with Crippen molar-refractivity contribution in [3.05, 3.63) is 22.2 Å². The van der Waals surface area contributed by atoms with Crippen molar-refractivity contribution < 1.29 is 9.13 Å². The van der Waals surface area contributed by atoms with Crippen LogP contribution < -0.4 is 11.4 Å². The van der Waals surface area contributed by atoms with Gasteiger partial charge < -0.3 is 10.5 Å². The predicted molar refractivity (Wildman–Crippen MR) is 52.1 cm³/mol. The molecule has 6 heteroatoms. The molecule has 1 fully saturated rings. The summed E-state index contributed by atoms with van der Waals surface area (Å²) < 4.78 is 19.6. The number of anilines is 1. The van der Waals surface area contributed by atoms with Gasteiger partial charge in [-0.1, -0.05) is 0 Å². The number of rotatable bonds is 1. The summed E-state index contributed by atoms with van der Waals surface area (Å²) in [6.07, 6.45) is -0.231. The molecule has 2 heterocycles. The Balaban J connectivity index is 2.44. The molecule has 1 aliphatic heterocycles. The van der Waals surface area contributed by atoms with Gasteiger partial charge in [0.05, 0.1) is 6.61 Å². The van der Waals surface area contributed by atoms with E-state index in [1.807, 2.05) is 0 Å². The molecule has 1 aromatic heterocycles. The van der Waals surface area contributed by atoms with Crippen LogP contribution in [0.25, 0.3) is 0 Å². The summed E-state index contributed by atoms with van der Waals surface area (Å²) in [7, 11) is 0. The van der Waals surface area contributed by atoms with Gasteiger partial charge in [0.1, 0.15) is 12.0 Å². The summed E-state index contributed by atoms with van der Waals surface area (Å²) >= 11 is 0. The van der Waals surface area contributed by atoms with Crippen LogP contribution in [0.5, 0.6) is 0 Å². The molecule has 2 unspecified atom stereocenters. The van der Waals surface area contributed by atoms with Crippen LogP contribution in [-0.4, -0.2) is 22.3 Å². The van der Waals surface area contributed by atoms with E-state index in [2.05, 4.69) is 4.98 Å². The van der Waals surface area contributed by atoms with Gasteiger partial charge in [0, 0.05) is 18.2 Å². The van der Waals surface area contributed by atoms with Crippen LogP contribution in [-0.2, 0) is 4.74 Å². The maximum Gasteiger partial charge on any atom is 0.351 e. The smallest absolute Gasteiger partial charge is 0.351 e. The zero-order chi connectivity index (χ0) is 11.0. The number of ether oxygens (including phenoxy) is 1. The molecule has 0 aliphatic carbocycles. The van der Waals surface area contributed by atoms with Crippen molar-refractivity contribution >= 4 is 5.82 Å². The maximum atomic E-state index is 13.3. The Bertz CT molecular complexity index is 432. The monoisotopic (exact) mass is 213 g/mol. The topological polar surface area (TPSA) is 70.1 Å². The van der Waals surface area contributed by atoms with Crippen molar-refractivity contribution in [2.24, 2.45) is 0 Å². The highest BCUT2D eigenvalue weighted by molar-refractivity contribution is 5.35. The highest BCUT2D eigenvalue weighted by Crippen LogP contribution is 2.25. The van der Waals surface area contributed by atoms with Crippen LogP contribution in [0.1, 0.15) is 18.2 Å². The Morgan fingerprint density at radius 2 is 2.47 bits per heavy atom. The minimum absolute atomic E-state index is 0.171. The third kappa shape index (κ3) is 1.72. The molecule has 2 N–H and O–H groups in total. The molecule has 2 atom stereocenters. The van der Waals surface area contributed by atoms with E-state index in [1.165, 1.54) is 6.20 Å². The Labute approximate surface area is 85.7 Å². The molecule has 5 nitrogen and oxygen atoms in total. The van der Waals surface area contributed by atoms with Gasteiger partial charge in [-0.25, -0.2) is 9.18 Å². The molecular weight excluding hydrogens is 201 g/mol. The molecular formula is C9H12FN3O2. The third-order valence-electron chi connectivity index (χ3n) is 2.44. The molecule has 1 saturated heterocycles. The first kappa shape index (κ1) is 10.1. The quantitative estimate of drug-likeness (QED) is 0.732. The van der Waals surface area contributed by atoms with E-state index >= 15 is 0 Å². The molecule has 82 valence electrons. The summed E-state index contributed by atoms with van der Waals surface area (Å²) in [5.74, 6) is 0.171. The minimum Gasteiger partial charge on any atom is -0.383 e. The molecule has 1 aliphatic rings. The highest BCUT2D eigenvalue weighted by atomic mass is 19.1. The number of nitrogens with zero attached hydrogens (tertiary/aromatic N) is 2. The van der Waals surface area contributed by atoms with E-state index in [0.717, 1.165) is 4.57 Å². The lowest BCUT2D eigenvalue weighted by Gasteiger charge is -2.15. The van der Waals surface area contributed by atoms with E-state index in [9.17, 15) is 9.18 Å². The van der Waals surface area contributed by atoms with E-state index < -0.39 is 18.1 Å². The van der Waals surface area contributed by atoms with Crippen molar-refractivity contribution in [1.29, 1.82) is 0 Å². The summed E-state index contributed by atoms with van der Waals surface area (Å²) in [4.78, 5) is 15.0. The standard InChI is InChI=1S/C9H12FN3O2/c1-5-4-13(9(14)12-7(5)11)8-6(10)2-3-15-8/h4,6,8H,2-3H2,1H3,(H2,11,12,14). The van der Waals surface area contributed by atoms with Crippen LogP contribution in [0.4, 0.5) is 10.2 Å². The van der Waals surface area contributed by atoms with Gasteiger partial charge in [-0.05, 0) is 6.92 Å². The van der Waals surface area contributed by atoms with Gasteiger partial charge in [0.2, 0.25) is 0 Å². The number of nitrogens with two attached hydrogens (primary N) is 1. The van der Waals surface area contributed by atoms with Gasteiger partial charge in [-0.15, -0.1) is 0 Å². The molecule has 1 aromatic rings. The van der Waals surface area contributed by atoms with Crippen molar-refractivity contribution in [1.82, 2.24) is 9.55 Å². The lowest BCUT2D eigenvalue weighted by Crippen LogP contribution is -2.31. The zero-order valence-corrected chi connectivity index (χ0v) is 8.31. The predicted octanol–water partition coefficient (Wildman–Crippen LogP) is 0.391. The van der Waals surface area contributed by atoms with Gasteiger partial charge in [0.25, 0.3) is 0 Å². The Kier molecular flexibility index (Phi) is 2.44. The van der Waals surface area contributed by atoms with Gasteiger partial charge in [0.15, 0.2) is 6.23 Å². The van der Waals surface area contributed by atoms with E-state index in [-0.39, 0.29) is 5.82 Å². The number of hydrogen-bond donors (Lipinski definition) is 1. The van der Waals surface area contributed by atoms with Crippen LogP contribution >= 0.6 is 0 Å². The van der Waals surface area contributed by atoms with E-state index in [0.29, 0.717) is 18.6 Å². The first-order valence-electron chi connectivity index (χ1n) is 4.70. The van der Waals surface area contributed by atoms with E-state index in [1.54, 1.807) is 6.92 Å². The lowest BCUT2D eigenvalue weighted by atomic mass is 10.3. The summed E-state index contributed by atoms with van der Waals surface area (Å²) in [5, 5.41) is 0. The Morgan fingerprint density at radius 3 is 3.07 bits per heavy atom. The average molecular weight is 213 g/mol. The molecule has 0 radical (unpaired) electrons. The second-order valence-electron chi connectivity index (χ2n) is 3.57. The fourth-order valence-electron chi connectivity index (χ4n) is 1.56. The summed E-state index contributed by atoms with van der Waals surface area (Å²) in [6, 6.07) is 0. The second-order valence-corrected chi connectivity index (χ2v) is 3.57. The first-order valence-corrected chi connectivity index (χ1v) is 4.70. The summed E-state index contributed by atoms with van der Waals surface area (Å²) in [6.45, 7) is 2.03. The van der Waals surface area contributed by atoms with Crippen LogP contribution in [0.15, 0.2) is 11.0 Å². The molecule has 2 rings (SSSR count). The molecule has 0 spiro atoms. The normalized spacial score (nSPS) is 25.7. The van der Waals surface area contributed by atoms with Crippen molar-refractivity contribution in [2.45, 2.75) is 25.7 Å². The average Bonchev–Trinajstić information content (AvgIpc) is 2.58. The van der Waals surface area contributed by atoms with Crippen molar-refractivity contribution in [3.63, 3.8) is 0 Å². The number of aromatic nitrogens is 2. The first-order chi connectivity index (χ1) is 7.09. The van der Waals surface area contributed by atoms with Crippen LogP contribution in [0.3, 0.4) is 0 Å². The van der Waals surface area contributed by atoms with E-state index in [4.69, 9.17) is 10.5 Å². The molecule has 0 aromatic carbocycles. The van der Waals surface area contributed by atoms with Crippen LogP contribution in [0.2, 0.25) is 0 Å². The van der Waals surface area contributed by atoms with Crippen LogP contribution in [0, 0.1) is 6.92 Å². The molecule has 0 amide bonds. The van der Waals surface area contributed by atoms with Gasteiger partial charge in [-0.3, -0.25) is 4.57 Å². The molecule has 0 bridgehead atoms. The van der Waals surface area contributed by atoms with Crippen molar-refractivity contribution in [2.75, 3.05) is 12.3 Å². The number of alkyl halides is 1. The fraction of sp³-hybridized carbons (Fsp3) is 0.556. The number of halogens is 1. The number of nitrogen functional groups attached to an aromatic ring is 1. The molecule has 15 heavy (non-hydrogen) atoms. The second kappa shape index (κ2) is 3.62. The minimum atomic E-state index is -1.16. The highest BCUT2D eigenvalue weighted by Gasteiger charge is 2.30. The van der Waals surface area contributed by atoms with Gasteiger partial charge in [-0.2, -0.15) is 4.98 Å². The zero-order valence-electron chi connectivity index (χ0n) is 8.31. The fourth-order valence-corrected chi connectivity index (χ4v) is 1.56. The third-order valence-corrected chi connectivity index (χ3v) is 2.44. The van der Waals surface area contributed by atoms with Crippen molar-refractivity contribution in [3.8, 4) is 0 Å². The summed E-state index contributed by atoms with van der Waals surface area (Å²) in [5.41, 5.74) is 5.52. The maximum absolute atomic E-state index is 13.3. The Hall–Kier alpha value is -1.43. The van der Waals surface area contributed by atoms with Gasteiger partial charge >= 0.3 is 5.69 Å².